The first-order chi connectivity index (χ1) is 15.5. The molecule has 0 bridgehead atoms. The SMILES string of the molecule is C=C1c2c(C)cccc2C=C(CC)N1C1CC1.CC.CC.Nc1c[nH]c2ncnc(N)c12. The molecule has 3 heterocycles. The fraction of sp³-hybridized carbons (Fsp3) is 0.385. The minimum Gasteiger partial charge on any atom is -0.397 e. The van der Waals surface area contributed by atoms with Gasteiger partial charge in [-0.1, -0.05) is 59.4 Å². The van der Waals surface area contributed by atoms with Crippen LogP contribution in [-0.4, -0.2) is 25.9 Å². The monoisotopic (exact) mass is 434 g/mol. The Morgan fingerprint density at radius 3 is 2.41 bits per heavy atom. The number of aryl methyl sites for hydroxylation is 1. The lowest BCUT2D eigenvalue weighted by atomic mass is 9.93. The number of nitrogens with zero attached hydrogens (tertiary/aromatic N) is 3. The summed E-state index contributed by atoms with van der Waals surface area (Å²) in [6.45, 7) is 16.8. The molecular weight excluding hydrogens is 396 g/mol. The Bertz CT molecular complexity index is 1080. The number of rotatable bonds is 2. The molecule has 0 amide bonds. The highest BCUT2D eigenvalue weighted by molar-refractivity contribution is 5.96. The summed E-state index contributed by atoms with van der Waals surface area (Å²) in [6, 6.07) is 7.23. The van der Waals surface area contributed by atoms with Gasteiger partial charge in [0.15, 0.2) is 0 Å². The lowest BCUT2D eigenvalue weighted by molar-refractivity contribution is 0.464. The summed E-state index contributed by atoms with van der Waals surface area (Å²) in [6.07, 6.45) is 9.11. The second-order valence-electron chi connectivity index (χ2n) is 7.30. The Kier molecular flexibility index (Phi) is 8.88. The third-order valence-corrected chi connectivity index (χ3v) is 5.32. The minimum atomic E-state index is 0.411. The van der Waals surface area contributed by atoms with E-state index in [1.165, 1.54) is 47.3 Å². The van der Waals surface area contributed by atoms with E-state index in [9.17, 15) is 0 Å². The van der Waals surface area contributed by atoms with Crippen LogP contribution >= 0.6 is 0 Å². The maximum absolute atomic E-state index is 5.59. The average molecular weight is 435 g/mol. The van der Waals surface area contributed by atoms with Gasteiger partial charge in [0.2, 0.25) is 0 Å². The van der Waals surface area contributed by atoms with Crippen molar-refractivity contribution >= 4 is 34.3 Å². The summed E-state index contributed by atoms with van der Waals surface area (Å²) >= 11 is 0. The van der Waals surface area contributed by atoms with Gasteiger partial charge in [0, 0.05) is 29.2 Å². The predicted octanol–water partition coefficient (Wildman–Crippen LogP) is 6.37. The maximum Gasteiger partial charge on any atom is 0.145 e. The standard InChI is InChI=1S/C16H19N.C6H7N5.2C2H6/c1-4-14-10-13-7-5-6-11(2)16(13)12(3)17(14)15-8-9-15;7-3-1-9-6-4(3)5(8)10-2-11-6;2*1-2/h5-7,10,15H,3-4,8-9H2,1-2H3;1-2H,7H2,(H3,8,9,10,11);2*1-2H3. The highest BCUT2D eigenvalue weighted by atomic mass is 15.2. The number of nitrogens with one attached hydrogen (secondary N) is 1. The number of aromatic nitrogens is 3. The number of aromatic amines is 1. The van der Waals surface area contributed by atoms with E-state index in [4.69, 9.17) is 11.5 Å². The second-order valence-corrected chi connectivity index (χ2v) is 7.30. The van der Waals surface area contributed by atoms with Crippen molar-refractivity contribution in [3.05, 3.63) is 59.7 Å². The molecular formula is C26H38N6. The van der Waals surface area contributed by atoms with Crippen molar-refractivity contribution in [2.75, 3.05) is 11.5 Å². The van der Waals surface area contributed by atoms with Gasteiger partial charge in [-0.25, -0.2) is 9.97 Å². The van der Waals surface area contributed by atoms with E-state index in [-0.39, 0.29) is 0 Å². The summed E-state index contributed by atoms with van der Waals surface area (Å²) in [5.41, 5.74) is 19.0. The molecule has 0 atom stereocenters. The fourth-order valence-corrected chi connectivity index (χ4v) is 3.82. The van der Waals surface area contributed by atoms with Crippen LogP contribution in [0.5, 0.6) is 0 Å². The van der Waals surface area contributed by atoms with E-state index in [1.807, 2.05) is 27.7 Å². The lowest BCUT2D eigenvalue weighted by Gasteiger charge is -2.34. The molecule has 6 heteroatoms. The summed E-state index contributed by atoms with van der Waals surface area (Å²) in [7, 11) is 0. The highest BCUT2D eigenvalue weighted by Gasteiger charge is 2.34. The zero-order valence-corrected chi connectivity index (χ0v) is 20.4. The van der Waals surface area contributed by atoms with Crippen LogP contribution in [-0.2, 0) is 0 Å². The van der Waals surface area contributed by atoms with Gasteiger partial charge in [0.05, 0.1) is 11.1 Å². The number of anilines is 2. The molecule has 1 saturated carbocycles. The Balaban J connectivity index is 0.000000210. The van der Waals surface area contributed by atoms with E-state index in [1.54, 1.807) is 6.20 Å². The van der Waals surface area contributed by atoms with Crippen LogP contribution in [0.4, 0.5) is 11.5 Å². The van der Waals surface area contributed by atoms with Crippen molar-refractivity contribution in [2.45, 2.75) is 66.8 Å². The lowest BCUT2D eigenvalue weighted by Crippen LogP contribution is -2.26. The van der Waals surface area contributed by atoms with E-state index in [0.29, 0.717) is 28.6 Å². The molecule has 2 aliphatic rings. The summed E-state index contributed by atoms with van der Waals surface area (Å²) < 4.78 is 0. The molecule has 6 nitrogen and oxygen atoms in total. The van der Waals surface area contributed by atoms with Crippen LogP contribution in [0.25, 0.3) is 22.8 Å². The summed E-state index contributed by atoms with van der Waals surface area (Å²) in [4.78, 5) is 13.1. The summed E-state index contributed by atoms with van der Waals surface area (Å²) in [5.74, 6) is 0.411. The van der Waals surface area contributed by atoms with E-state index >= 15 is 0 Å². The molecule has 32 heavy (non-hydrogen) atoms. The molecule has 5 N–H and O–H groups in total. The number of hydrogen-bond acceptors (Lipinski definition) is 5. The smallest absolute Gasteiger partial charge is 0.145 e. The second kappa shape index (κ2) is 11.4. The van der Waals surface area contributed by atoms with Crippen LogP contribution in [0.2, 0.25) is 0 Å². The molecule has 1 aliphatic carbocycles. The molecule has 1 fully saturated rings. The molecule has 3 aromatic rings. The number of nitrogen functional groups attached to an aromatic ring is 2. The predicted molar refractivity (Wildman–Crippen MR) is 139 cm³/mol. The molecule has 0 saturated heterocycles. The Labute approximate surface area is 192 Å². The van der Waals surface area contributed by atoms with Gasteiger partial charge in [-0.3, -0.25) is 0 Å². The van der Waals surface area contributed by atoms with Crippen LogP contribution in [0.3, 0.4) is 0 Å². The van der Waals surface area contributed by atoms with Crippen molar-refractivity contribution in [3.8, 4) is 0 Å². The molecule has 1 aromatic carbocycles. The van der Waals surface area contributed by atoms with Gasteiger partial charge < -0.3 is 21.4 Å². The molecule has 172 valence electrons. The third kappa shape index (κ3) is 5.13. The first-order valence-corrected chi connectivity index (χ1v) is 11.6. The third-order valence-electron chi connectivity index (χ3n) is 5.32. The van der Waals surface area contributed by atoms with Crippen molar-refractivity contribution in [2.24, 2.45) is 0 Å². The molecule has 0 spiro atoms. The van der Waals surface area contributed by atoms with Crippen LogP contribution in [0.1, 0.15) is 70.6 Å². The van der Waals surface area contributed by atoms with Crippen LogP contribution < -0.4 is 11.5 Å². The minimum absolute atomic E-state index is 0.411. The van der Waals surface area contributed by atoms with E-state index < -0.39 is 0 Å². The van der Waals surface area contributed by atoms with Gasteiger partial charge >= 0.3 is 0 Å². The molecule has 0 radical (unpaired) electrons. The zero-order valence-electron chi connectivity index (χ0n) is 20.4. The fourth-order valence-electron chi connectivity index (χ4n) is 3.82. The van der Waals surface area contributed by atoms with Crippen molar-refractivity contribution in [3.63, 3.8) is 0 Å². The number of nitrogens with two attached hydrogens (primary N) is 2. The highest BCUT2D eigenvalue weighted by Crippen LogP contribution is 2.42. The number of H-pyrrole nitrogens is 1. The number of benzene rings is 1. The van der Waals surface area contributed by atoms with Crippen LogP contribution in [0.15, 0.2) is 43.0 Å². The normalized spacial score (nSPS) is 14.1. The quantitative estimate of drug-likeness (QED) is 0.435. The molecule has 5 rings (SSSR count). The van der Waals surface area contributed by atoms with Gasteiger partial charge in [-0.2, -0.15) is 0 Å². The molecule has 2 aromatic heterocycles. The van der Waals surface area contributed by atoms with Gasteiger partial charge in [0.1, 0.15) is 17.8 Å². The zero-order chi connectivity index (χ0) is 23.8. The van der Waals surface area contributed by atoms with Crippen molar-refractivity contribution < 1.29 is 0 Å². The van der Waals surface area contributed by atoms with Crippen molar-refractivity contribution in [1.82, 2.24) is 19.9 Å². The molecule has 0 unspecified atom stereocenters. The van der Waals surface area contributed by atoms with Gasteiger partial charge in [-0.05, 0) is 43.4 Å². The van der Waals surface area contributed by atoms with Gasteiger partial charge in [-0.15, -0.1) is 0 Å². The Morgan fingerprint density at radius 1 is 1.12 bits per heavy atom. The first kappa shape index (κ1) is 25.0. The largest absolute Gasteiger partial charge is 0.397 e. The topological polar surface area (TPSA) is 96.8 Å². The Morgan fingerprint density at radius 2 is 1.81 bits per heavy atom. The van der Waals surface area contributed by atoms with E-state index in [2.05, 4.69) is 64.6 Å². The summed E-state index contributed by atoms with van der Waals surface area (Å²) in [5, 5.41) is 0.701. The Hall–Kier alpha value is -3.28. The van der Waals surface area contributed by atoms with Gasteiger partial charge in [0.25, 0.3) is 0 Å². The number of hydrogen-bond donors (Lipinski definition) is 3. The number of allylic oxidation sites excluding steroid dienone is 1. The molecule has 1 aliphatic heterocycles. The first-order valence-electron chi connectivity index (χ1n) is 11.6. The number of fused-ring (bicyclic) bond motifs is 2. The van der Waals surface area contributed by atoms with Crippen molar-refractivity contribution in [1.29, 1.82) is 0 Å². The van der Waals surface area contributed by atoms with Crippen LogP contribution in [0, 0.1) is 6.92 Å². The maximum atomic E-state index is 5.59. The average Bonchev–Trinajstić information content (AvgIpc) is 3.58. The van der Waals surface area contributed by atoms with E-state index in [0.717, 1.165) is 6.42 Å².